The Bertz CT molecular complexity index is 936. The molecule has 1 aliphatic rings. The first-order chi connectivity index (χ1) is 13.2. The maximum absolute atomic E-state index is 12.7. The Morgan fingerprint density at radius 3 is 2.85 bits per heavy atom. The zero-order valence-corrected chi connectivity index (χ0v) is 15.3. The third-order valence-electron chi connectivity index (χ3n) is 4.91. The van der Waals surface area contributed by atoms with Gasteiger partial charge >= 0.3 is 0 Å². The van der Waals surface area contributed by atoms with Crippen molar-refractivity contribution in [2.24, 2.45) is 0 Å². The van der Waals surface area contributed by atoms with Crippen molar-refractivity contribution in [2.75, 3.05) is 13.7 Å². The molecule has 3 heterocycles. The molecule has 6 heteroatoms. The zero-order chi connectivity index (χ0) is 18.6. The van der Waals surface area contributed by atoms with Crippen molar-refractivity contribution < 1.29 is 9.53 Å². The normalized spacial score (nSPS) is 13.7. The summed E-state index contributed by atoms with van der Waals surface area (Å²) in [5, 5.41) is 7.64. The second-order valence-electron chi connectivity index (χ2n) is 6.76. The van der Waals surface area contributed by atoms with Gasteiger partial charge in [-0.1, -0.05) is 18.2 Å². The summed E-state index contributed by atoms with van der Waals surface area (Å²) in [5.41, 5.74) is 6.19. The summed E-state index contributed by atoms with van der Waals surface area (Å²) in [6, 6.07) is 12.1. The molecule has 1 N–H and O–H groups in total. The summed E-state index contributed by atoms with van der Waals surface area (Å²) < 4.78 is 5.21. The summed E-state index contributed by atoms with van der Waals surface area (Å²) in [7, 11) is 1.68. The van der Waals surface area contributed by atoms with E-state index in [1.54, 1.807) is 19.5 Å². The lowest BCUT2D eigenvalue weighted by Crippen LogP contribution is -2.37. The van der Waals surface area contributed by atoms with Gasteiger partial charge in [0.05, 0.1) is 31.0 Å². The molecule has 27 heavy (non-hydrogen) atoms. The first kappa shape index (κ1) is 17.4. The Balaban J connectivity index is 1.51. The van der Waals surface area contributed by atoms with Gasteiger partial charge in [-0.2, -0.15) is 5.10 Å². The predicted octanol–water partition coefficient (Wildman–Crippen LogP) is 2.75. The van der Waals surface area contributed by atoms with Gasteiger partial charge in [0.1, 0.15) is 0 Å². The van der Waals surface area contributed by atoms with Crippen molar-refractivity contribution in [3.05, 3.63) is 71.2 Å². The number of hydrogen-bond acceptors (Lipinski definition) is 4. The topological polar surface area (TPSA) is 71.1 Å². The van der Waals surface area contributed by atoms with E-state index in [1.807, 2.05) is 35.2 Å². The van der Waals surface area contributed by atoms with Crippen LogP contribution in [-0.2, 0) is 35.5 Å². The second-order valence-corrected chi connectivity index (χ2v) is 6.76. The van der Waals surface area contributed by atoms with E-state index < -0.39 is 0 Å². The molecule has 2 aromatic heterocycles. The van der Waals surface area contributed by atoms with Crippen molar-refractivity contribution in [3.8, 4) is 11.3 Å². The van der Waals surface area contributed by atoms with Crippen LogP contribution in [0.5, 0.6) is 0 Å². The minimum absolute atomic E-state index is 0.146. The fourth-order valence-corrected chi connectivity index (χ4v) is 3.50. The van der Waals surface area contributed by atoms with Crippen molar-refractivity contribution in [1.29, 1.82) is 0 Å². The molecule has 0 unspecified atom stereocenters. The third kappa shape index (κ3) is 3.75. The van der Waals surface area contributed by atoms with Gasteiger partial charge in [-0.25, -0.2) is 0 Å². The molecule has 3 aromatic rings. The molecule has 0 saturated heterocycles. The molecular weight excluding hydrogens is 340 g/mol. The van der Waals surface area contributed by atoms with Gasteiger partial charge in [0.15, 0.2) is 0 Å². The summed E-state index contributed by atoms with van der Waals surface area (Å²) in [4.78, 5) is 18.6. The lowest BCUT2D eigenvalue weighted by Gasteiger charge is -2.27. The zero-order valence-electron chi connectivity index (χ0n) is 15.3. The minimum atomic E-state index is 0.146. The number of carbonyl (C=O) groups excluding carboxylic acids is 1. The number of amides is 1. The van der Waals surface area contributed by atoms with Crippen LogP contribution in [0.2, 0.25) is 0 Å². The van der Waals surface area contributed by atoms with Gasteiger partial charge in [0, 0.05) is 37.2 Å². The van der Waals surface area contributed by atoms with Gasteiger partial charge in [-0.3, -0.25) is 14.9 Å². The number of hydrogen-bond donors (Lipinski definition) is 1. The molecule has 1 amide bonds. The molecule has 138 valence electrons. The summed E-state index contributed by atoms with van der Waals surface area (Å²) in [5.74, 6) is 0.146. The fourth-order valence-electron chi connectivity index (χ4n) is 3.50. The Labute approximate surface area is 158 Å². The van der Waals surface area contributed by atoms with Gasteiger partial charge in [-0.15, -0.1) is 0 Å². The van der Waals surface area contributed by atoms with E-state index in [4.69, 9.17) is 4.74 Å². The average Bonchev–Trinajstić information content (AvgIpc) is 3.10. The highest BCUT2D eigenvalue weighted by molar-refractivity contribution is 5.83. The van der Waals surface area contributed by atoms with Crippen LogP contribution in [0, 0.1) is 0 Å². The van der Waals surface area contributed by atoms with E-state index in [9.17, 15) is 4.79 Å². The second kappa shape index (κ2) is 7.72. The monoisotopic (exact) mass is 362 g/mol. The number of fused-ring (bicyclic) bond motifs is 1. The van der Waals surface area contributed by atoms with E-state index in [0.29, 0.717) is 26.1 Å². The number of aromatic nitrogens is 3. The molecule has 0 radical (unpaired) electrons. The number of methoxy groups -OCH3 is 1. The van der Waals surface area contributed by atoms with Crippen LogP contribution in [0.4, 0.5) is 0 Å². The van der Waals surface area contributed by atoms with Crippen molar-refractivity contribution in [1.82, 2.24) is 20.1 Å². The number of ether oxygens (including phenoxy) is 1. The van der Waals surface area contributed by atoms with Crippen molar-refractivity contribution in [2.45, 2.75) is 26.0 Å². The van der Waals surface area contributed by atoms with Gasteiger partial charge in [-0.05, 0) is 35.7 Å². The molecule has 6 nitrogen and oxygen atoms in total. The van der Waals surface area contributed by atoms with Crippen molar-refractivity contribution in [3.63, 3.8) is 0 Å². The molecule has 0 aliphatic carbocycles. The number of nitrogens with zero attached hydrogens (tertiary/aromatic N) is 3. The van der Waals surface area contributed by atoms with E-state index in [1.165, 1.54) is 5.56 Å². The standard InChI is InChI=1S/C21H22N4O2/c1-27-14-16-3-2-4-17(11-16)21-18-12-20(26)25(13-19(18)23-24-21)10-7-15-5-8-22-9-6-15/h2-6,8-9,11H,7,10,12-14H2,1H3,(H,23,24). The van der Waals surface area contributed by atoms with Crippen LogP contribution in [-0.4, -0.2) is 39.6 Å². The first-order valence-corrected chi connectivity index (χ1v) is 9.05. The number of carbonyl (C=O) groups is 1. The molecule has 1 aromatic carbocycles. The number of rotatable bonds is 6. The Kier molecular flexibility index (Phi) is 4.98. The molecule has 0 fully saturated rings. The molecule has 4 rings (SSSR count). The van der Waals surface area contributed by atoms with Crippen molar-refractivity contribution >= 4 is 5.91 Å². The third-order valence-corrected chi connectivity index (χ3v) is 4.91. The maximum atomic E-state index is 12.7. The molecule has 0 saturated carbocycles. The number of H-pyrrole nitrogens is 1. The lowest BCUT2D eigenvalue weighted by atomic mass is 9.98. The quantitative estimate of drug-likeness (QED) is 0.732. The number of pyridine rings is 1. The van der Waals surface area contributed by atoms with Crippen LogP contribution >= 0.6 is 0 Å². The smallest absolute Gasteiger partial charge is 0.227 e. The van der Waals surface area contributed by atoms with Crippen LogP contribution < -0.4 is 0 Å². The van der Waals surface area contributed by atoms with E-state index in [2.05, 4.69) is 21.2 Å². The highest BCUT2D eigenvalue weighted by Gasteiger charge is 2.27. The molecule has 1 aliphatic heterocycles. The number of benzene rings is 1. The number of aromatic amines is 1. The SMILES string of the molecule is COCc1cccc(-c2n[nH]c3c2CC(=O)N(CCc2ccncc2)C3)c1. The van der Waals surface area contributed by atoms with Gasteiger partial charge in [0.2, 0.25) is 5.91 Å². The highest BCUT2D eigenvalue weighted by atomic mass is 16.5. The average molecular weight is 362 g/mol. The van der Waals surface area contributed by atoms with Crippen LogP contribution in [0.3, 0.4) is 0 Å². The van der Waals surface area contributed by atoms with Gasteiger partial charge in [0.25, 0.3) is 0 Å². The highest BCUT2D eigenvalue weighted by Crippen LogP contribution is 2.29. The lowest BCUT2D eigenvalue weighted by molar-refractivity contribution is -0.131. The van der Waals surface area contributed by atoms with E-state index in [0.717, 1.165) is 34.5 Å². The van der Waals surface area contributed by atoms with Crippen LogP contribution in [0.25, 0.3) is 11.3 Å². The molecule has 0 bridgehead atoms. The van der Waals surface area contributed by atoms with E-state index >= 15 is 0 Å². The largest absolute Gasteiger partial charge is 0.380 e. The Hall–Kier alpha value is -2.99. The molecule has 0 atom stereocenters. The maximum Gasteiger partial charge on any atom is 0.227 e. The van der Waals surface area contributed by atoms with Crippen LogP contribution in [0.15, 0.2) is 48.8 Å². The Morgan fingerprint density at radius 1 is 1.19 bits per heavy atom. The Morgan fingerprint density at radius 2 is 2.04 bits per heavy atom. The number of nitrogens with one attached hydrogen (secondary N) is 1. The van der Waals surface area contributed by atoms with Crippen LogP contribution in [0.1, 0.15) is 22.4 Å². The summed E-state index contributed by atoms with van der Waals surface area (Å²) >= 11 is 0. The fraction of sp³-hybridized carbons (Fsp3) is 0.286. The molecule has 0 spiro atoms. The minimum Gasteiger partial charge on any atom is -0.380 e. The first-order valence-electron chi connectivity index (χ1n) is 9.05. The van der Waals surface area contributed by atoms with Gasteiger partial charge < -0.3 is 9.64 Å². The van der Waals surface area contributed by atoms with E-state index in [-0.39, 0.29) is 5.91 Å². The molecular formula is C21H22N4O2. The predicted molar refractivity (Wildman–Crippen MR) is 102 cm³/mol. The summed E-state index contributed by atoms with van der Waals surface area (Å²) in [6.07, 6.45) is 4.77. The summed E-state index contributed by atoms with van der Waals surface area (Å²) in [6.45, 7) is 1.83.